The summed E-state index contributed by atoms with van der Waals surface area (Å²) in [5.74, 6) is 0.900. The number of rotatable bonds is 9. The number of nitrogens with one attached hydrogen (secondary N) is 1. The van der Waals surface area contributed by atoms with Crippen LogP contribution in [0, 0.1) is 30.0 Å². The number of benzene rings is 1. The van der Waals surface area contributed by atoms with Gasteiger partial charge in [-0.25, -0.2) is 4.39 Å². The summed E-state index contributed by atoms with van der Waals surface area (Å²) in [6.07, 6.45) is 5.38. The molecule has 2 saturated carbocycles. The van der Waals surface area contributed by atoms with Crippen molar-refractivity contribution in [3.8, 4) is 5.75 Å². The lowest BCUT2D eigenvalue weighted by atomic mass is 9.75. The van der Waals surface area contributed by atoms with Crippen molar-refractivity contribution in [3.05, 3.63) is 35.0 Å². The largest absolute Gasteiger partial charge is 0.487 e. The minimum absolute atomic E-state index is 0.0418. The summed E-state index contributed by atoms with van der Waals surface area (Å²) >= 11 is 0. The summed E-state index contributed by atoms with van der Waals surface area (Å²) in [6.45, 7) is 7.03. The number of oxazole rings is 1. The molecule has 3 aliphatic rings. The van der Waals surface area contributed by atoms with Crippen LogP contribution in [0.15, 0.2) is 16.5 Å². The van der Waals surface area contributed by atoms with Gasteiger partial charge < -0.3 is 19.4 Å². The Hall–Kier alpha value is -2.64. The Labute approximate surface area is 199 Å². The van der Waals surface area contributed by atoms with Gasteiger partial charge in [0.25, 0.3) is 11.9 Å². The number of carbonyl (C=O) groups is 1. The Morgan fingerprint density at radius 2 is 1.94 bits per heavy atom. The summed E-state index contributed by atoms with van der Waals surface area (Å²) in [6, 6.07) is 3.29. The van der Waals surface area contributed by atoms with E-state index in [4.69, 9.17) is 9.15 Å². The second kappa shape index (κ2) is 8.86. The number of halogens is 2. The normalized spacial score (nSPS) is 24.5. The van der Waals surface area contributed by atoms with E-state index in [1.807, 2.05) is 4.90 Å². The van der Waals surface area contributed by atoms with Crippen LogP contribution in [0.1, 0.15) is 67.8 Å². The molecule has 2 unspecified atom stereocenters. The number of alkyl halides is 1. The molecular formula is C26H33F2N3O3. The number of amides is 1. The van der Waals surface area contributed by atoms with Crippen molar-refractivity contribution in [2.45, 2.75) is 65.4 Å². The van der Waals surface area contributed by atoms with Crippen molar-refractivity contribution >= 4 is 17.6 Å². The number of carbonyl (C=O) groups excluding carboxylic acids is 1. The second-order valence-electron chi connectivity index (χ2n) is 10.3. The lowest BCUT2D eigenvalue weighted by Gasteiger charge is -2.48. The summed E-state index contributed by atoms with van der Waals surface area (Å²) in [5.41, 5.74) is 1.20. The first kappa shape index (κ1) is 23.1. The molecule has 3 fully saturated rings. The first-order valence-corrected chi connectivity index (χ1v) is 12.4. The third-order valence-electron chi connectivity index (χ3n) is 8.02. The van der Waals surface area contributed by atoms with Crippen molar-refractivity contribution < 1.29 is 22.7 Å². The molecule has 2 aromatic rings. The summed E-state index contributed by atoms with van der Waals surface area (Å²) < 4.78 is 39.7. The van der Waals surface area contributed by atoms with Crippen LogP contribution in [0.25, 0.3) is 0 Å². The summed E-state index contributed by atoms with van der Waals surface area (Å²) in [5, 5.41) is 2.70. The molecule has 1 amide bonds. The topological polar surface area (TPSA) is 67.6 Å². The van der Waals surface area contributed by atoms with Gasteiger partial charge in [-0.3, -0.25) is 9.18 Å². The van der Waals surface area contributed by atoms with Crippen LogP contribution in [0.3, 0.4) is 0 Å². The number of anilines is 2. The molecule has 34 heavy (non-hydrogen) atoms. The predicted octanol–water partition coefficient (Wildman–Crippen LogP) is 5.69. The Morgan fingerprint density at radius 1 is 1.24 bits per heavy atom. The first-order valence-electron chi connectivity index (χ1n) is 12.4. The molecule has 2 aliphatic carbocycles. The highest BCUT2D eigenvalue weighted by Gasteiger charge is 2.47. The van der Waals surface area contributed by atoms with Crippen molar-refractivity contribution in [1.29, 1.82) is 0 Å². The number of aromatic nitrogens is 1. The molecule has 6 nitrogen and oxygen atoms in total. The van der Waals surface area contributed by atoms with Gasteiger partial charge in [0.05, 0.1) is 12.8 Å². The Kier molecular flexibility index (Phi) is 6.02. The van der Waals surface area contributed by atoms with Gasteiger partial charge in [-0.15, -0.1) is 0 Å². The fourth-order valence-electron chi connectivity index (χ4n) is 5.57. The molecule has 5 rings (SSSR count). The van der Waals surface area contributed by atoms with E-state index in [-0.39, 0.29) is 35.1 Å². The first-order chi connectivity index (χ1) is 16.3. The standard InChI is InChI=1S/C26H33F2N3O3/c1-4-26(5-2)13-31(14-26)25-30-22(21(34-25)6-7-27)24(32)29-18-8-15(3)23(20(28)12-18)33-19-10-16-9-17(16)11-19/h8,12,16-17,19H,4-7,9-11,13-14H2,1-3H3,(H,29,32). The smallest absolute Gasteiger partial charge is 0.298 e. The van der Waals surface area contributed by atoms with Gasteiger partial charge in [-0.1, -0.05) is 13.8 Å². The third kappa shape index (κ3) is 4.27. The van der Waals surface area contributed by atoms with Gasteiger partial charge >= 0.3 is 0 Å². The Bertz CT molecular complexity index is 1040. The molecule has 2 atom stereocenters. The quantitative estimate of drug-likeness (QED) is 0.507. The predicted molar refractivity (Wildman–Crippen MR) is 126 cm³/mol. The fraction of sp³-hybridized carbons (Fsp3) is 0.615. The van der Waals surface area contributed by atoms with Gasteiger partial charge in [-0.05, 0) is 62.5 Å². The van der Waals surface area contributed by atoms with Gasteiger partial charge in [0.2, 0.25) is 0 Å². The van der Waals surface area contributed by atoms with E-state index < -0.39 is 18.4 Å². The maximum atomic E-state index is 14.9. The molecule has 1 aromatic carbocycles. The Morgan fingerprint density at radius 3 is 2.56 bits per heavy atom. The maximum Gasteiger partial charge on any atom is 0.298 e. The van der Waals surface area contributed by atoms with Crippen LogP contribution in [-0.2, 0) is 6.42 Å². The third-order valence-corrected chi connectivity index (χ3v) is 8.02. The monoisotopic (exact) mass is 473 g/mol. The number of aryl methyl sites for hydroxylation is 2. The lowest BCUT2D eigenvalue weighted by molar-refractivity contribution is 0.102. The zero-order chi connectivity index (χ0) is 24.0. The van der Waals surface area contributed by atoms with Crippen LogP contribution in [0.5, 0.6) is 5.75 Å². The van der Waals surface area contributed by atoms with Gasteiger partial charge in [-0.2, -0.15) is 4.98 Å². The van der Waals surface area contributed by atoms with E-state index >= 15 is 0 Å². The average molecular weight is 474 g/mol. The molecule has 1 N–H and O–H groups in total. The lowest BCUT2D eigenvalue weighted by Crippen LogP contribution is -2.56. The zero-order valence-corrected chi connectivity index (χ0v) is 20.1. The molecule has 2 heterocycles. The van der Waals surface area contributed by atoms with Crippen molar-refractivity contribution in [3.63, 3.8) is 0 Å². The molecule has 1 aromatic heterocycles. The van der Waals surface area contributed by atoms with E-state index in [0.29, 0.717) is 17.3 Å². The van der Waals surface area contributed by atoms with E-state index in [2.05, 4.69) is 24.1 Å². The second-order valence-corrected chi connectivity index (χ2v) is 10.3. The van der Waals surface area contributed by atoms with Gasteiger partial charge in [0.1, 0.15) is 5.76 Å². The van der Waals surface area contributed by atoms with Crippen LogP contribution < -0.4 is 15.0 Å². The van der Waals surface area contributed by atoms with Crippen LogP contribution in [0.2, 0.25) is 0 Å². The SMILES string of the molecule is CCC1(CC)CN(c2nc(C(=O)Nc3cc(C)c(OC4CC5CC5C4)c(F)c3)c(CCF)o2)C1. The molecule has 8 heteroatoms. The van der Waals surface area contributed by atoms with E-state index in [1.54, 1.807) is 13.0 Å². The highest BCUT2D eigenvalue weighted by molar-refractivity contribution is 6.03. The van der Waals surface area contributed by atoms with E-state index in [1.165, 1.54) is 12.5 Å². The number of hydrogen-bond donors (Lipinski definition) is 1. The van der Waals surface area contributed by atoms with Crippen LogP contribution in [-0.4, -0.2) is 36.8 Å². The van der Waals surface area contributed by atoms with Crippen molar-refractivity contribution in [2.24, 2.45) is 17.3 Å². The molecule has 1 saturated heterocycles. The zero-order valence-electron chi connectivity index (χ0n) is 20.1. The van der Waals surface area contributed by atoms with E-state index in [0.717, 1.165) is 50.6 Å². The van der Waals surface area contributed by atoms with Gasteiger partial charge in [0, 0.05) is 36.7 Å². The van der Waals surface area contributed by atoms with E-state index in [9.17, 15) is 13.6 Å². The molecular weight excluding hydrogens is 440 g/mol. The molecule has 1 aliphatic heterocycles. The minimum Gasteiger partial charge on any atom is -0.487 e. The number of nitrogens with zero attached hydrogens (tertiary/aromatic N) is 2. The molecule has 0 radical (unpaired) electrons. The minimum atomic E-state index is -0.661. The van der Waals surface area contributed by atoms with Gasteiger partial charge in [0.15, 0.2) is 17.3 Å². The maximum absolute atomic E-state index is 14.9. The van der Waals surface area contributed by atoms with Crippen molar-refractivity contribution in [1.82, 2.24) is 4.98 Å². The molecule has 184 valence electrons. The van der Waals surface area contributed by atoms with Crippen molar-refractivity contribution in [2.75, 3.05) is 30.0 Å². The highest BCUT2D eigenvalue weighted by atomic mass is 19.1. The summed E-state index contributed by atoms with van der Waals surface area (Å²) in [4.78, 5) is 19.4. The molecule has 0 spiro atoms. The summed E-state index contributed by atoms with van der Waals surface area (Å²) in [7, 11) is 0. The van der Waals surface area contributed by atoms with Crippen LogP contribution >= 0.6 is 0 Å². The molecule has 0 bridgehead atoms. The fourth-order valence-corrected chi connectivity index (χ4v) is 5.57. The van der Waals surface area contributed by atoms with Crippen LogP contribution in [0.4, 0.5) is 20.5 Å². The average Bonchev–Trinajstić information content (AvgIpc) is 3.18. The number of fused-ring (bicyclic) bond motifs is 1. The number of ether oxygens (including phenoxy) is 1. The highest BCUT2D eigenvalue weighted by Crippen LogP contribution is 2.52. The number of hydrogen-bond acceptors (Lipinski definition) is 5. The Balaban J connectivity index is 1.29.